The minimum absolute atomic E-state index is 0.360. The summed E-state index contributed by atoms with van der Waals surface area (Å²) in [7, 11) is 0. The Morgan fingerprint density at radius 3 is 2.86 bits per heavy atom. The number of carboxylic acid groups (broad SMARTS) is 1. The molecule has 1 aliphatic rings. The van der Waals surface area contributed by atoms with Crippen LogP contribution in [0.25, 0.3) is 21.1 Å². The van der Waals surface area contributed by atoms with E-state index in [2.05, 4.69) is 54.0 Å². The van der Waals surface area contributed by atoms with Gasteiger partial charge in [0, 0.05) is 11.7 Å². The van der Waals surface area contributed by atoms with E-state index in [1.807, 2.05) is 12.1 Å². The minimum atomic E-state index is -1.05. The molecular weight excluding hydrogens is 458 g/mol. The smallest absolute Gasteiger partial charge is 0.341 e. The number of aromatic nitrogens is 4. The van der Waals surface area contributed by atoms with Crippen LogP contribution in [-0.2, 0) is 4.79 Å². The summed E-state index contributed by atoms with van der Waals surface area (Å²) in [6, 6.07) is 8.71. The summed E-state index contributed by atoms with van der Waals surface area (Å²) in [4.78, 5) is 12.5. The second-order valence-electron chi connectivity index (χ2n) is 6.88. The predicted octanol–water partition coefficient (Wildman–Crippen LogP) is 4.57. The standard InChI is InChI=1S/C19H20BrN5O3S/c20-15-16(28-10-14(26)27)18(19-22-24-25-23-19)29-17(15)11-5-4-8-13(9-11)21-12-6-2-1-3-7-12/h4-5,8-9,12,21H,1-3,6-7,10H2,(H,26,27)(H,22,23,24,25). The topological polar surface area (TPSA) is 113 Å². The normalized spacial score (nSPS) is 14.7. The fourth-order valence-corrected chi connectivity index (χ4v) is 5.46. The molecule has 0 atom stereocenters. The number of benzene rings is 1. The van der Waals surface area contributed by atoms with Gasteiger partial charge in [-0.2, -0.15) is 5.21 Å². The molecule has 0 radical (unpaired) electrons. The van der Waals surface area contributed by atoms with Crippen molar-refractivity contribution in [2.24, 2.45) is 0 Å². The van der Waals surface area contributed by atoms with E-state index in [4.69, 9.17) is 9.84 Å². The van der Waals surface area contributed by atoms with Gasteiger partial charge in [-0.25, -0.2) is 4.79 Å². The molecule has 0 bridgehead atoms. The third-order valence-electron chi connectivity index (χ3n) is 4.80. The minimum Gasteiger partial charge on any atom is -0.479 e. The molecule has 29 heavy (non-hydrogen) atoms. The highest BCUT2D eigenvalue weighted by Crippen LogP contribution is 2.49. The van der Waals surface area contributed by atoms with E-state index in [1.165, 1.54) is 43.4 Å². The predicted molar refractivity (Wildman–Crippen MR) is 114 cm³/mol. The Hall–Kier alpha value is -2.46. The van der Waals surface area contributed by atoms with Crippen LogP contribution in [0.15, 0.2) is 28.7 Å². The quantitative estimate of drug-likeness (QED) is 0.456. The van der Waals surface area contributed by atoms with E-state index in [9.17, 15) is 4.79 Å². The number of hydrogen-bond donors (Lipinski definition) is 3. The lowest BCUT2D eigenvalue weighted by molar-refractivity contribution is -0.139. The van der Waals surface area contributed by atoms with E-state index < -0.39 is 12.6 Å². The van der Waals surface area contributed by atoms with Crippen molar-refractivity contribution < 1.29 is 14.6 Å². The van der Waals surface area contributed by atoms with Crippen LogP contribution in [0.5, 0.6) is 5.75 Å². The van der Waals surface area contributed by atoms with E-state index in [0.717, 1.165) is 16.1 Å². The highest BCUT2D eigenvalue weighted by atomic mass is 79.9. The summed E-state index contributed by atoms with van der Waals surface area (Å²) in [5.74, 6) is -0.291. The third kappa shape index (κ3) is 4.59. The number of aromatic amines is 1. The first kappa shape index (κ1) is 19.8. The zero-order chi connectivity index (χ0) is 20.2. The van der Waals surface area contributed by atoms with Crippen LogP contribution in [0.1, 0.15) is 32.1 Å². The fourth-order valence-electron chi connectivity index (χ4n) is 3.48. The molecule has 1 saturated carbocycles. The number of anilines is 1. The molecule has 0 aliphatic heterocycles. The molecular formula is C19H20BrN5O3S. The van der Waals surface area contributed by atoms with Crippen molar-refractivity contribution in [1.29, 1.82) is 0 Å². The summed E-state index contributed by atoms with van der Waals surface area (Å²) < 4.78 is 6.21. The molecule has 4 rings (SSSR count). The first-order valence-corrected chi connectivity index (χ1v) is 11.0. The van der Waals surface area contributed by atoms with Gasteiger partial charge < -0.3 is 15.2 Å². The molecule has 2 heterocycles. The fraction of sp³-hybridized carbons (Fsp3) is 0.368. The van der Waals surface area contributed by atoms with Crippen molar-refractivity contribution in [3.05, 3.63) is 28.7 Å². The third-order valence-corrected chi connectivity index (χ3v) is 7.03. The van der Waals surface area contributed by atoms with Gasteiger partial charge in [0.25, 0.3) is 0 Å². The van der Waals surface area contributed by atoms with Gasteiger partial charge >= 0.3 is 5.97 Å². The number of carboxylic acids is 1. The second-order valence-corrected chi connectivity index (χ2v) is 8.69. The molecule has 10 heteroatoms. The lowest BCUT2D eigenvalue weighted by Crippen LogP contribution is -2.22. The van der Waals surface area contributed by atoms with Crippen molar-refractivity contribution >= 4 is 38.9 Å². The zero-order valence-electron chi connectivity index (χ0n) is 15.5. The lowest BCUT2D eigenvalue weighted by atomic mass is 9.95. The van der Waals surface area contributed by atoms with Gasteiger partial charge in [-0.3, -0.25) is 0 Å². The van der Waals surface area contributed by atoms with Crippen molar-refractivity contribution in [1.82, 2.24) is 20.6 Å². The first-order valence-electron chi connectivity index (χ1n) is 9.39. The van der Waals surface area contributed by atoms with Gasteiger partial charge in [-0.1, -0.05) is 31.4 Å². The molecule has 1 aromatic carbocycles. The number of H-pyrrole nitrogens is 1. The van der Waals surface area contributed by atoms with Crippen LogP contribution in [0.2, 0.25) is 0 Å². The number of carbonyl (C=O) groups is 1. The van der Waals surface area contributed by atoms with E-state index in [1.54, 1.807) is 0 Å². The van der Waals surface area contributed by atoms with Crippen molar-refractivity contribution in [2.45, 2.75) is 38.1 Å². The Balaban J connectivity index is 1.66. The van der Waals surface area contributed by atoms with Crippen molar-refractivity contribution in [2.75, 3.05) is 11.9 Å². The van der Waals surface area contributed by atoms with Crippen molar-refractivity contribution in [3.63, 3.8) is 0 Å². The molecule has 152 valence electrons. The molecule has 1 aliphatic carbocycles. The van der Waals surface area contributed by atoms with Gasteiger partial charge in [0.05, 0.1) is 9.35 Å². The van der Waals surface area contributed by atoms with Crippen LogP contribution in [0, 0.1) is 0 Å². The number of aliphatic carboxylic acids is 1. The second kappa shape index (κ2) is 8.91. The summed E-state index contributed by atoms with van der Waals surface area (Å²) in [6.07, 6.45) is 6.25. The number of halogens is 1. The summed E-state index contributed by atoms with van der Waals surface area (Å²) >= 11 is 5.01. The number of hydrogen-bond acceptors (Lipinski definition) is 7. The van der Waals surface area contributed by atoms with Gasteiger partial charge in [0.1, 0.15) is 4.88 Å². The van der Waals surface area contributed by atoms with E-state index in [0.29, 0.717) is 27.0 Å². The van der Waals surface area contributed by atoms with Gasteiger partial charge in [-0.05, 0) is 51.7 Å². The average molecular weight is 478 g/mol. The molecule has 0 saturated heterocycles. The zero-order valence-corrected chi connectivity index (χ0v) is 17.9. The molecule has 0 unspecified atom stereocenters. The number of nitrogens with zero attached hydrogens (tertiary/aromatic N) is 3. The Labute approximate surface area is 179 Å². The maximum Gasteiger partial charge on any atom is 0.341 e. The van der Waals surface area contributed by atoms with Crippen LogP contribution in [0.4, 0.5) is 5.69 Å². The Morgan fingerprint density at radius 2 is 2.14 bits per heavy atom. The number of rotatable bonds is 7. The maximum absolute atomic E-state index is 11.0. The first-order chi connectivity index (χ1) is 14.1. The van der Waals surface area contributed by atoms with E-state index >= 15 is 0 Å². The Morgan fingerprint density at radius 1 is 1.31 bits per heavy atom. The Kier molecular flexibility index (Phi) is 6.10. The maximum atomic E-state index is 11.0. The van der Waals surface area contributed by atoms with Crippen LogP contribution < -0.4 is 10.1 Å². The molecule has 3 N–H and O–H groups in total. The number of tetrazole rings is 1. The molecule has 3 aromatic rings. The van der Waals surface area contributed by atoms with Crippen LogP contribution in [-0.4, -0.2) is 44.3 Å². The SMILES string of the molecule is O=C(O)COc1c(-c2nn[nH]n2)sc(-c2cccc(NC3CCCCC3)c2)c1Br. The largest absolute Gasteiger partial charge is 0.479 e. The van der Waals surface area contributed by atoms with Crippen molar-refractivity contribution in [3.8, 4) is 26.9 Å². The summed E-state index contributed by atoms with van der Waals surface area (Å²) in [5.41, 5.74) is 2.07. The Bertz CT molecular complexity index is 986. The molecule has 2 aromatic heterocycles. The van der Waals surface area contributed by atoms with Crippen LogP contribution in [0.3, 0.4) is 0 Å². The van der Waals surface area contributed by atoms with Gasteiger partial charge in [0.2, 0.25) is 5.82 Å². The molecule has 8 nitrogen and oxygen atoms in total. The lowest BCUT2D eigenvalue weighted by Gasteiger charge is -2.24. The van der Waals surface area contributed by atoms with E-state index in [-0.39, 0.29) is 0 Å². The highest BCUT2D eigenvalue weighted by molar-refractivity contribution is 9.10. The van der Waals surface area contributed by atoms with Gasteiger partial charge in [-0.15, -0.1) is 21.5 Å². The average Bonchev–Trinajstić information content (AvgIpc) is 3.35. The van der Waals surface area contributed by atoms with Crippen LogP contribution >= 0.6 is 27.3 Å². The molecule has 0 spiro atoms. The van der Waals surface area contributed by atoms with Gasteiger partial charge in [0.15, 0.2) is 12.4 Å². The number of nitrogens with one attached hydrogen (secondary N) is 2. The summed E-state index contributed by atoms with van der Waals surface area (Å²) in [5, 5.41) is 26.7. The molecule has 0 amide bonds. The highest BCUT2D eigenvalue weighted by Gasteiger charge is 2.24. The number of ether oxygens (including phenoxy) is 1. The number of thiophene rings is 1. The molecule has 1 fully saturated rings. The summed E-state index contributed by atoms with van der Waals surface area (Å²) in [6.45, 7) is -0.455. The monoisotopic (exact) mass is 477 g/mol.